The van der Waals surface area contributed by atoms with E-state index in [2.05, 4.69) is 25.0 Å². The molecule has 0 radical (unpaired) electrons. The lowest BCUT2D eigenvalue weighted by molar-refractivity contribution is 0.398. The molecule has 0 bridgehead atoms. The summed E-state index contributed by atoms with van der Waals surface area (Å²) < 4.78 is 6.47. The molecular weight excluding hydrogens is 278 g/mol. The molecule has 0 fully saturated rings. The van der Waals surface area contributed by atoms with Crippen LogP contribution in [0.2, 0.25) is 0 Å². The Labute approximate surface area is 118 Å². The SMILES string of the molecule is COc1cccc(-c2nc3nc(SC)nc(N)n3n2)n1. The fourth-order valence-corrected chi connectivity index (χ4v) is 2.00. The molecule has 0 saturated carbocycles. The van der Waals surface area contributed by atoms with Gasteiger partial charge in [-0.1, -0.05) is 17.8 Å². The van der Waals surface area contributed by atoms with Crippen LogP contribution < -0.4 is 10.5 Å². The van der Waals surface area contributed by atoms with Crippen LogP contribution in [-0.2, 0) is 0 Å². The van der Waals surface area contributed by atoms with Crippen molar-refractivity contribution in [1.29, 1.82) is 0 Å². The summed E-state index contributed by atoms with van der Waals surface area (Å²) in [7, 11) is 1.55. The number of fused-ring (bicyclic) bond motifs is 1. The lowest BCUT2D eigenvalue weighted by atomic mass is 10.3. The molecule has 2 N–H and O–H groups in total. The van der Waals surface area contributed by atoms with E-state index in [1.54, 1.807) is 19.2 Å². The van der Waals surface area contributed by atoms with E-state index in [1.807, 2.05) is 12.3 Å². The van der Waals surface area contributed by atoms with Crippen LogP contribution in [0.15, 0.2) is 23.4 Å². The van der Waals surface area contributed by atoms with E-state index >= 15 is 0 Å². The summed E-state index contributed by atoms with van der Waals surface area (Å²) in [6, 6.07) is 5.35. The summed E-state index contributed by atoms with van der Waals surface area (Å²) in [6.45, 7) is 0. The first kappa shape index (κ1) is 12.6. The van der Waals surface area contributed by atoms with Crippen molar-refractivity contribution in [2.75, 3.05) is 19.1 Å². The molecule has 0 saturated heterocycles. The average molecular weight is 289 g/mol. The van der Waals surface area contributed by atoms with Gasteiger partial charge in [0.05, 0.1) is 7.11 Å². The first-order valence-electron chi connectivity index (χ1n) is 5.67. The average Bonchev–Trinajstić information content (AvgIpc) is 2.92. The summed E-state index contributed by atoms with van der Waals surface area (Å²) in [5.74, 6) is 1.54. The number of ether oxygens (including phenoxy) is 1. The maximum Gasteiger partial charge on any atom is 0.258 e. The largest absolute Gasteiger partial charge is 0.481 e. The number of nitrogen functional groups attached to an aromatic ring is 1. The van der Waals surface area contributed by atoms with Crippen molar-refractivity contribution in [2.24, 2.45) is 0 Å². The molecule has 3 aromatic rings. The van der Waals surface area contributed by atoms with Crippen LogP contribution >= 0.6 is 11.8 Å². The summed E-state index contributed by atoms with van der Waals surface area (Å²) in [6.07, 6.45) is 1.87. The Morgan fingerprint density at radius 1 is 1.20 bits per heavy atom. The smallest absolute Gasteiger partial charge is 0.258 e. The molecule has 3 rings (SSSR count). The van der Waals surface area contributed by atoms with E-state index in [0.717, 1.165) is 0 Å². The third-order valence-corrected chi connectivity index (χ3v) is 3.10. The monoisotopic (exact) mass is 289 g/mol. The minimum Gasteiger partial charge on any atom is -0.481 e. The number of anilines is 1. The van der Waals surface area contributed by atoms with Crippen molar-refractivity contribution in [3.8, 4) is 17.4 Å². The molecule has 0 amide bonds. The molecule has 3 heterocycles. The third kappa shape index (κ3) is 2.11. The summed E-state index contributed by atoms with van der Waals surface area (Å²) in [5, 5.41) is 4.81. The van der Waals surface area contributed by atoms with E-state index in [1.165, 1.54) is 16.3 Å². The number of nitrogens with zero attached hydrogens (tertiary/aromatic N) is 6. The Morgan fingerprint density at radius 2 is 2.05 bits per heavy atom. The standard InChI is InChI=1S/C11H11N7OS/c1-19-7-5-3-4-6(13-7)8-14-10-16-11(20-2)15-9(12)18(10)17-8/h3-5H,1-2H3,(H2,12,14,15,16,17). The van der Waals surface area contributed by atoms with Crippen LogP contribution in [0.1, 0.15) is 0 Å². The lowest BCUT2D eigenvalue weighted by Gasteiger charge is -1.99. The number of thioether (sulfide) groups is 1. The predicted octanol–water partition coefficient (Wildman–Crippen LogP) is 0.894. The fourth-order valence-electron chi connectivity index (χ4n) is 1.64. The number of pyridine rings is 1. The molecule has 0 spiro atoms. The molecule has 0 aromatic carbocycles. The van der Waals surface area contributed by atoms with Gasteiger partial charge in [0.2, 0.25) is 17.7 Å². The van der Waals surface area contributed by atoms with E-state index in [4.69, 9.17) is 10.5 Å². The Morgan fingerprint density at radius 3 is 2.80 bits per heavy atom. The minimum absolute atomic E-state index is 0.237. The Bertz CT molecular complexity index is 773. The maximum atomic E-state index is 5.83. The van der Waals surface area contributed by atoms with Crippen LogP contribution in [0, 0.1) is 0 Å². The van der Waals surface area contributed by atoms with Gasteiger partial charge in [0.1, 0.15) is 5.69 Å². The van der Waals surface area contributed by atoms with Gasteiger partial charge in [-0.2, -0.15) is 19.5 Å². The van der Waals surface area contributed by atoms with Crippen molar-refractivity contribution in [3.05, 3.63) is 18.2 Å². The van der Waals surface area contributed by atoms with Crippen LogP contribution in [0.3, 0.4) is 0 Å². The second kappa shape index (κ2) is 4.93. The maximum absolute atomic E-state index is 5.83. The zero-order valence-corrected chi connectivity index (χ0v) is 11.6. The quantitative estimate of drug-likeness (QED) is 0.709. The van der Waals surface area contributed by atoms with Gasteiger partial charge >= 0.3 is 0 Å². The molecule has 0 aliphatic heterocycles. The molecule has 20 heavy (non-hydrogen) atoms. The van der Waals surface area contributed by atoms with E-state index < -0.39 is 0 Å². The van der Waals surface area contributed by atoms with Crippen molar-refractivity contribution < 1.29 is 4.74 Å². The summed E-state index contributed by atoms with van der Waals surface area (Å²) in [5.41, 5.74) is 6.41. The zero-order chi connectivity index (χ0) is 14.1. The van der Waals surface area contributed by atoms with Crippen molar-refractivity contribution in [1.82, 2.24) is 29.5 Å². The second-order valence-electron chi connectivity index (χ2n) is 3.78. The van der Waals surface area contributed by atoms with Gasteiger partial charge in [-0.15, -0.1) is 5.10 Å². The van der Waals surface area contributed by atoms with Gasteiger partial charge < -0.3 is 10.5 Å². The highest BCUT2D eigenvalue weighted by molar-refractivity contribution is 7.98. The third-order valence-electron chi connectivity index (χ3n) is 2.56. The van der Waals surface area contributed by atoms with Crippen molar-refractivity contribution in [3.63, 3.8) is 0 Å². The lowest BCUT2D eigenvalue weighted by Crippen LogP contribution is -2.04. The van der Waals surface area contributed by atoms with Crippen molar-refractivity contribution >= 4 is 23.5 Å². The van der Waals surface area contributed by atoms with Gasteiger partial charge in [-0.05, 0) is 12.3 Å². The normalized spacial score (nSPS) is 10.9. The Hall–Kier alpha value is -2.42. The topological polar surface area (TPSA) is 104 Å². The molecular formula is C11H11N7OS. The fraction of sp³-hybridized carbons (Fsp3) is 0.182. The van der Waals surface area contributed by atoms with Gasteiger partial charge in [-0.3, -0.25) is 0 Å². The molecule has 9 heteroatoms. The highest BCUT2D eigenvalue weighted by atomic mass is 32.2. The zero-order valence-electron chi connectivity index (χ0n) is 10.8. The summed E-state index contributed by atoms with van der Waals surface area (Å²) >= 11 is 1.39. The van der Waals surface area contributed by atoms with Crippen LogP contribution in [0.25, 0.3) is 17.3 Å². The van der Waals surface area contributed by atoms with E-state index in [9.17, 15) is 0 Å². The predicted molar refractivity (Wildman–Crippen MR) is 74.6 cm³/mol. The molecule has 0 aliphatic rings. The minimum atomic E-state index is 0.237. The number of rotatable bonds is 3. The van der Waals surface area contributed by atoms with Crippen LogP contribution in [0.5, 0.6) is 5.88 Å². The van der Waals surface area contributed by atoms with Gasteiger partial charge in [0.15, 0.2) is 5.16 Å². The molecule has 102 valence electrons. The number of hydrogen-bond acceptors (Lipinski definition) is 8. The molecule has 0 unspecified atom stereocenters. The number of methoxy groups -OCH3 is 1. The van der Waals surface area contributed by atoms with E-state index in [-0.39, 0.29) is 5.95 Å². The molecule has 0 aliphatic carbocycles. The van der Waals surface area contributed by atoms with Crippen LogP contribution in [0.4, 0.5) is 5.95 Å². The van der Waals surface area contributed by atoms with Crippen LogP contribution in [-0.4, -0.2) is 42.9 Å². The highest BCUT2D eigenvalue weighted by Crippen LogP contribution is 2.18. The molecule has 0 atom stereocenters. The summed E-state index contributed by atoms with van der Waals surface area (Å²) in [4.78, 5) is 16.9. The highest BCUT2D eigenvalue weighted by Gasteiger charge is 2.13. The van der Waals surface area contributed by atoms with Gasteiger partial charge in [-0.25, -0.2) is 4.98 Å². The molecule has 8 nitrogen and oxygen atoms in total. The Kier molecular flexibility index (Phi) is 3.11. The Balaban J connectivity index is 2.14. The first-order valence-corrected chi connectivity index (χ1v) is 6.89. The number of nitrogens with two attached hydrogens (primary N) is 1. The van der Waals surface area contributed by atoms with Crippen molar-refractivity contribution in [2.45, 2.75) is 5.16 Å². The number of hydrogen-bond donors (Lipinski definition) is 1. The second-order valence-corrected chi connectivity index (χ2v) is 4.55. The number of aromatic nitrogens is 6. The molecule has 3 aromatic heterocycles. The first-order chi connectivity index (χ1) is 9.71. The van der Waals surface area contributed by atoms with E-state index in [0.29, 0.717) is 28.3 Å². The van der Waals surface area contributed by atoms with Gasteiger partial charge in [0.25, 0.3) is 5.78 Å². The van der Waals surface area contributed by atoms with Gasteiger partial charge in [0, 0.05) is 6.07 Å².